The second-order valence-corrected chi connectivity index (χ2v) is 8.46. The van der Waals surface area contributed by atoms with Crippen molar-refractivity contribution in [3.8, 4) is 0 Å². The molecule has 0 aliphatic carbocycles. The van der Waals surface area contributed by atoms with Crippen LogP contribution < -0.4 is 0 Å². The number of nitrogens with zero attached hydrogens (tertiary/aromatic N) is 1. The van der Waals surface area contributed by atoms with Crippen molar-refractivity contribution in [3.63, 3.8) is 0 Å². The highest BCUT2D eigenvalue weighted by atomic mass is 32.2. The molecule has 1 aromatic carbocycles. The molecule has 1 fully saturated rings. The topological polar surface area (TPSA) is 54.5 Å². The number of sulfone groups is 1. The Labute approximate surface area is 134 Å². The molecule has 1 aliphatic heterocycles. The summed E-state index contributed by atoms with van der Waals surface area (Å²) in [6.45, 7) is 0.450. The second kappa shape index (κ2) is 7.28. The molecule has 7 heteroatoms. The van der Waals surface area contributed by atoms with Gasteiger partial charge in [-0.05, 0) is 17.7 Å². The molecule has 4 nitrogen and oxygen atoms in total. The zero-order valence-electron chi connectivity index (χ0n) is 12.2. The van der Waals surface area contributed by atoms with Gasteiger partial charge in [-0.2, -0.15) is 11.8 Å². The summed E-state index contributed by atoms with van der Waals surface area (Å²) in [5.41, 5.74) is 0.795. The van der Waals surface area contributed by atoms with Gasteiger partial charge >= 0.3 is 0 Å². The lowest BCUT2D eigenvalue weighted by molar-refractivity contribution is -0.130. The van der Waals surface area contributed by atoms with Crippen LogP contribution >= 0.6 is 11.8 Å². The van der Waals surface area contributed by atoms with Crippen LogP contribution in [0, 0.1) is 5.82 Å². The van der Waals surface area contributed by atoms with Gasteiger partial charge in [0, 0.05) is 30.7 Å². The Hall–Kier alpha value is -1.34. The van der Waals surface area contributed by atoms with E-state index in [-0.39, 0.29) is 18.1 Å². The minimum atomic E-state index is -3.28. The summed E-state index contributed by atoms with van der Waals surface area (Å²) in [7, 11) is -3.28. The normalized spacial score (nSPS) is 19.5. The third-order valence-corrected chi connectivity index (χ3v) is 6.02. The van der Waals surface area contributed by atoms with Crippen LogP contribution in [0.5, 0.6) is 0 Å². The van der Waals surface area contributed by atoms with E-state index in [2.05, 4.69) is 0 Å². The molecule has 1 heterocycles. The van der Waals surface area contributed by atoms with Crippen molar-refractivity contribution in [1.29, 1.82) is 0 Å². The molecule has 1 saturated heterocycles. The average molecular weight is 343 g/mol. The van der Waals surface area contributed by atoms with E-state index in [0.717, 1.165) is 17.6 Å². The van der Waals surface area contributed by atoms with Gasteiger partial charge in [0.1, 0.15) is 11.2 Å². The Morgan fingerprint density at radius 3 is 2.73 bits per heavy atom. The predicted octanol–water partition coefficient (Wildman–Crippen LogP) is 2.18. The van der Waals surface area contributed by atoms with E-state index >= 15 is 0 Å². The summed E-state index contributed by atoms with van der Waals surface area (Å²) in [5, 5.41) is -0.738. The van der Waals surface area contributed by atoms with Gasteiger partial charge in [0.25, 0.3) is 0 Å². The SMILES string of the molecule is CS(=O)(=O)C1CSCCN1C(=O)CC=Cc1ccc(F)cc1. The van der Waals surface area contributed by atoms with Crippen LogP contribution in [0.2, 0.25) is 0 Å². The van der Waals surface area contributed by atoms with E-state index in [1.54, 1.807) is 36.0 Å². The van der Waals surface area contributed by atoms with E-state index in [1.165, 1.54) is 17.0 Å². The number of hydrogen-bond donors (Lipinski definition) is 0. The molecule has 120 valence electrons. The van der Waals surface area contributed by atoms with Crippen LogP contribution in [-0.4, -0.2) is 48.9 Å². The Bertz CT molecular complexity index is 656. The zero-order chi connectivity index (χ0) is 16.2. The summed E-state index contributed by atoms with van der Waals surface area (Å²) < 4.78 is 36.3. The van der Waals surface area contributed by atoms with Gasteiger partial charge in [0.05, 0.1) is 0 Å². The van der Waals surface area contributed by atoms with Crippen molar-refractivity contribution in [1.82, 2.24) is 4.90 Å². The number of hydrogen-bond acceptors (Lipinski definition) is 4. The maximum absolute atomic E-state index is 12.8. The predicted molar refractivity (Wildman–Crippen MR) is 87.7 cm³/mol. The number of halogens is 1. The van der Waals surface area contributed by atoms with Crippen molar-refractivity contribution in [3.05, 3.63) is 41.7 Å². The lowest BCUT2D eigenvalue weighted by Gasteiger charge is -2.33. The first kappa shape index (κ1) is 17.0. The number of carbonyl (C=O) groups excluding carboxylic acids is 1. The van der Waals surface area contributed by atoms with E-state index in [9.17, 15) is 17.6 Å². The van der Waals surface area contributed by atoms with E-state index < -0.39 is 15.2 Å². The summed E-state index contributed by atoms with van der Waals surface area (Å²) >= 11 is 1.55. The van der Waals surface area contributed by atoms with Gasteiger partial charge in [-0.1, -0.05) is 24.3 Å². The molecule has 0 spiro atoms. The lowest BCUT2D eigenvalue weighted by atomic mass is 10.2. The maximum Gasteiger partial charge on any atom is 0.227 e. The Morgan fingerprint density at radius 2 is 2.09 bits per heavy atom. The lowest BCUT2D eigenvalue weighted by Crippen LogP contribution is -2.49. The van der Waals surface area contributed by atoms with E-state index in [1.807, 2.05) is 0 Å². The smallest absolute Gasteiger partial charge is 0.227 e. The molecule has 2 rings (SSSR count). The highest BCUT2D eigenvalue weighted by Gasteiger charge is 2.33. The largest absolute Gasteiger partial charge is 0.324 e. The average Bonchev–Trinajstić information content (AvgIpc) is 2.48. The van der Waals surface area contributed by atoms with Crippen LogP contribution in [-0.2, 0) is 14.6 Å². The molecule has 1 aliphatic rings. The third kappa shape index (κ3) is 4.58. The van der Waals surface area contributed by atoms with Crippen molar-refractivity contribution in [2.45, 2.75) is 11.8 Å². The van der Waals surface area contributed by atoms with Crippen molar-refractivity contribution < 1.29 is 17.6 Å². The van der Waals surface area contributed by atoms with Gasteiger partial charge in [-0.25, -0.2) is 12.8 Å². The molecular weight excluding hydrogens is 325 g/mol. The summed E-state index contributed by atoms with van der Waals surface area (Å²) in [4.78, 5) is 13.7. The summed E-state index contributed by atoms with van der Waals surface area (Å²) in [5.74, 6) is 0.662. The first-order valence-corrected chi connectivity index (χ1v) is 9.97. The van der Waals surface area contributed by atoms with Gasteiger partial charge in [0.2, 0.25) is 5.91 Å². The van der Waals surface area contributed by atoms with Gasteiger partial charge in [-0.3, -0.25) is 4.79 Å². The van der Waals surface area contributed by atoms with E-state index in [4.69, 9.17) is 0 Å². The highest BCUT2D eigenvalue weighted by Crippen LogP contribution is 2.21. The van der Waals surface area contributed by atoms with Crippen molar-refractivity contribution >= 4 is 33.6 Å². The van der Waals surface area contributed by atoms with Gasteiger partial charge in [-0.15, -0.1) is 0 Å². The van der Waals surface area contributed by atoms with E-state index in [0.29, 0.717) is 12.3 Å². The third-order valence-electron chi connectivity index (χ3n) is 3.37. The Balaban J connectivity index is 2.00. The first-order chi connectivity index (χ1) is 10.4. The summed E-state index contributed by atoms with van der Waals surface area (Å²) in [6.07, 6.45) is 4.70. The number of carbonyl (C=O) groups is 1. The molecule has 0 aromatic heterocycles. The fraction of sp³-hybridized carbons (Fsp3) is 0.400. The quantitative estimate of drug-likeness (QED) is 0.841. The van der Waals surface area contributed by atoms with Crippen LogP contribution in [0.4, 0.5) is 4.39 Å². The highest BCUT2D eigenvalue weighted by molar-refractivity contribution is 8.00. The molecule has 22 heavy (non-hydrogen) atoms. The second-order valence-electron chi connectivity index (χ2n) is 5.10. The van der Waals surface area contributed by atoms with Crippen LogP contribution in [0.1, 0.15) is 12.0 Å². The fourth-order valence-electron chi connectivity index (χ4n) is 2.21. The number of thioether (sulfide) groups is 1. The fourth-order valence-corrected chi connectivity index (χ4v) is 5.04. The maximum atomic E-state index is 12.8. The molecule has 1 atom stereocenters. The van der Waals surface area contributed by atoms with Crippen molar-refractivity contribution in [2.75, 3.05) is 24.3 Å². The molecule has 0 N–H and O–H groups in total. The van der Waals surface area contributed by atoms with Crippen LogP contribution in [0.25, 0.3) is 6.08 Å². The molecule has 0 bridgehead atoms. The molecule has 0 radical (unpaired) electrons. The zero-order valence-corrected chi connectivity index (χ0v) is 13.9. The monoisotopic (exact) mass is 343 g/mol. The first-order valence-electron chi connectivity index (χ1n) is 6.86. The number of benzene rings is 1. The molecule has 0 saturated carbocycles. The molecular formula is C15H18FNO3S2. The summed E-state index contributed by atoms with van der Waals surface area (Å²) in [6, 6.07) is 5.94. The minimum Gasteiger partial charge on any atom is -0.324 e. The van der Waals surface area contributed by atoms with Gasteiger partial charge < -0.3 is 4.90 Å². The Kier molecular flexibility index (Phi) is 5.63. The number of amides is 1. The standard InChI is InChI=1S/C15H18FNO3S2/c1-22(19,20)15-11-21-10-9-17(15)14(18)4-2-3-12-5-7-13(16)8-6-12/h2-3,5-8,15H,4,9-11H2,1H3. The minimum absolute atomic E-state index is 0.133. The molecule has 1 unspecified atom stereocenters. The van der Waals surface area contributed by atoms with Gasteiger partial charge in [0.15, 0.2) is 9.84 Å². The molecule has 1 amide bonds. The molecule has 1 aromatic rings. The van der Waals surface area contributed by atoms with Crippen LogP contribution in [0.3, 0.4) is 0 Å². The Morgan fingerprint density at radius 1 is 1.41 bits per heavy atom. The number of rotatable bonds is 4. The van der Waals surface area contributed by atoms with Crippen LogP contribution in [0.15, 0.2) is 30.3 Å². The van der Waals surface area contributed by atoms with Crippen molar-refractivity contribution in [2.24, 2.45) is 0 Å².